The maximum atomic E-state index is 11.2. The summed E-state index contributed by atoms with van der Waals surface area (Å²) in [6, 6.07) is 70.2. The van der Waals surface area contributed by atoms with E-state index in [1.54, 1.807) is 29.9 Å². The summed E-state index contributed by atoms with van der Waals surface area (Å²) in [6.45, 7) is 65.1. The highest BCUT2D eigenvalue weighted by atomic mass is 32.1. The molecule has 8 heterocycles. The van der Waals surface area contributed by atoms with Crippen LogP contribution >= 0.6 is 11.3 Å². The van der Waals surface area contributed by atoms with Gasteiger partial charge >= 0.3 is 0 Å². The van der Waals surface area contributed by atoms with Crippen LogP contribution in [0.2, 0.25) is 0 Å². The summed E-state index contributed by atoms with van der Waals surface area (Å²) in [5.41, 5.74) is 17.1. The Labute approximate surface area is 684 Å². The average Bonchev–Trinajstić information content (AvgIpc) is 1.15. The lowest BCUT2D eigenvalue weighted by atomic mass is 9.86. The number of aromatic amines is 2. The molecule has 1 aliphatic rings. The molecular weight excluding hydrogens is 1400 g/mol. The van der Waals surface area contributed by atoms with Crippen LogP contribution < -0.4 is 5.56 Å². The molecule has 13 aromatic rings. The number of hydrogen-bond acceptors (Lipinski definition) is 10. The molecule has 0 saturated carbocycles. The van der Waals surface area contributed by atoms with Gasteiger partial charge in [-0.2, -0.15) is 5.10 Å². The van der Waals surface area contributed by atoms with Crippen LogP contribution in [0.4, 0.5) is 5.69 Å². The summed E-state index contributed by atoms with van der Waals surface area (Å²) >= 11 is 1.79. The maximum absolute atomic E-state index is 11.2. The number of aromatic nitrogens is 8. The van der Waals surface area contributed by atoms with E-state index in [9.17, 15) is 4.79 Å². The largest absolute Gasteiger partial charge is 0.440 e. The van der Waals surface area contributed by atoms with Crippen LogP contribution in [0.5, 0.6) is 0 Å². The average molecular weight is 1540 g/mol. The van der Waals surface area contributed by atoms with Crippen LogP contribution in [0.25, 0.3) is 32.1 Å². The molecule has 7 aromatic heterocycles. The number of benzene rings is 6. The number of fused-ring (bicyclic) bond motifs is 4. The Morgan fingerprint density at radius 1 is 0.381 bits per heavy atom. The first-order valence-corrected chi connectivity index (χ1v) is 40.5. The third-order valence-electron chi connectivity index (χ3n) is 18.0. The molecule has 1 aliphatic heterocycles. The van der Waals surface area contributed by atoms with Crippen molar-refractivity contribution in [2.75, 3.05) is 0 Å². The number of thiazole rings is 1. The molecule has 0 atom stereocenters. The number of oxazole rings is 1. The number of hydrogen-bond donors (Lipinski definition) is 2. The van der Waals surface area contributed by atoms with Crippen molar-refractivity contribution in [1.29, 1.82) is 0 Å². The molecule has 0 fully saturated rings. The van der Waals surface area contributed by atoms with Crippen LogP contribution in [-0.4, -0.2) is 45.8 Å². The third-order valence-corrected chi connectivity index (χ3v) is 19.5. The molecular formula is C101H135N9O2S. The van der Waals surface area contributed by atoms with E-state index in [0.717, 1.165) is 45.9 Å². The zero-order chi connectivity index (χ0) is 84.4. The van der Waals surface area contributed by atoms with Gasteiger partial charge in [-0.15, -0.1) is 11.3 Å². The van der Waals surface area contributed by atoms with E-state index in [0.29, 0.717) is 5.41 Å². The Hall–Kier alpha value is -9.78. The maximum Gasteiger partial charge on any atom is 0.251 e. The highest BCUT2D eigenvalue weighted by Crippen LogP contribution is 2.35. The minimum Gasteiger partial charge on any atom is -0.440 e. The summed E-state index contributed by atoms with van der Waals surface area (Å²) in [4.78, 5) is 39.8. The number of nitrogens with zero attached hydrogens (tertiary/aromatic N) is 7. The summed E-state index contributed by atoms with van der Waals surface area (Å²) in [5.74, 6) is 0.800. The van der Waals surface area contributed by atoms with Crippen LogP contribution in [-0.2, 0) is 55.2 Å². The van der Waals surface area contributed by atoms with Crippen molar-refractivity contribution in [3.63, 3.8) is 0 Å². The van der Waals surface area contributed by atoms with Gasteiger partial charge in [0.15, 0.2) is 5.58 Å². The summed E-state index contributed by atoms with van der Waals surface area (Å²) in [5, 5.41) is 10.7. The Balaban J connectivity index is 0.000000225. The zero-order valence-electron chi connectivity index (χ0n) is 74.2. The van der Waals surface area contributed by atoms with Gasteiger partial charge in [-0.1, -0.05) is 341 Å². The normalized spacial score (nSPS) is 12.2. The summed E-state index contributed by atoms with van der Waals surface area (Å²) in [7, 11) is 0. The van der Waals surface area contributed by atoms with Gasteiger partial charge in [0.2, 0.25) is 5.89 Å². The molecule has 2 N–H and O–H groups in total. The Morgan fingerprint density at radius 3 is 1.37 bits per heavy atom. The third kappa shape index (κ3) is 32.7. The second kappa shape index (κ2) is 40.8. The lowest BCUT2D eigenvalue weighted by Gasteiger charge is -2.19. The highest BCUT2D eigenvalue weighted by Gasteiger charge is 2.26. The summed E-state index contributed by atoms with van der Waals surface area (Å²) < 4.78 is 6.91. The first kappa shape index (κ1) is 93.8. The first-order chi connectivity index (χ1) is 52.3. The quantitative estimate of drug-likeness (QED) is 0.152. The fraction of sp³-hybridized carbons (Fsp3) is 0.406. The van der Waals surface area contributed by atoms with Crippen LogP contribution in [0, 0.1) is 5.41 Å². The predicted octanol–water partition coefficient (Wildman–Crippen LogP) is 27.7. The van der Waals surface area contributed by atoms with Crippen molar-refractivity contribution in [3.05, 3.63) is 316 Å². The van der Waals surface area contributed by atoms with E-state index >= 15 is 0 Å². The van der Waals surface area contributed by atoms with Crippen molar-refractivity contribution in [3.8, 4) is 0 Å². The molecule has 0 spiro atoms. The van der Waals surface area contributed by atoms with Crippen molar-refractivity contribution < 1.29 is 4.42 Å². The Bertz CT molecular complexity index is 4640. The molecule has 14 rings (SSSR count). The first-order valence-electron chi connectivity index (χ1n) is 39.7. The standard InChI is InChI=1S/C14H16.C12H15N.C11H13NO.C11H13NS.C10H14.C9H13NO.3C9H13N.C7H12N2/c1-14(2,3)13-9-8-11-6-4-5-7-12(11)10-13;1-12(2,3)11-8-9-6-4-5-7-10(9)13-11;2*1-11(2,3)10-12-8-6-4-5-7-9(8)13-10;1-10(2,3)9-7-5-4-6-8-9;1-9(2,3)7-5-4-6-10-8(7)11;1-9(2,3)8-4-6-10-7-5-8;1-9(2,3)8-5-4-6-10-7-8;1-9(2,3)8-6-4-5-7-10-8;1-7(2,3)6-4-5-8-9-6/h4-10H,1-3H3;4-7H,8H2,1-3H3;2*4-7H,1-3H3;4-8H,1-3H3;4-6H,1-3H3,(H,10,11);3*4-7H,1-3H3;4-5H,1-3H3,(H,8,9). The molecule has 6 aromatic carbocycles. The molecule has 12 heteroatoms. The minimum absolute atomic E-state index is 0.0139. The zero-order valence-corrected chi connectivity index (χ0v) is 75.1. The minimum atomic E-state index is -0.0607. The number of aliphatic imine (C=N–C) groups is 1. The Morgan fingerprint density at radius 2 is 0.929 bits per heavy atom. The van der Waals surface area contributed by atoms with Crippen molar-refractivity contribution >= 4 is 54.8 Å². The van der Waals surface area contributed by atoms with Gasteiger partial charge in [-0.3, -0.25) is 29.8 Å². The van der Waals surface area contributed by atoms with Gasteiger partial charge in [-0.25, -0.2) is 9.97 Å². The van der Waals surface area contributed by atoms with Crippen molar-refractivity contribution in [2.45, 2.75) is 263 Å². The predicted molar refractivity (Wildman–Crippen MR) is 487 cm³/mol. The molecule has 11 nitrogen and oxygen atoms in total. The van der Waals surface area contributed by atoms with E-state index in [1.807, 2.05) is 118 Å². The number of nitrogens with one attached hydrogen (secondary N) is 2. The van der Waals surface area contributed by atoms with Gasteiger partial charge in [0.25, 0.3) is 5.56 Å². The molecule has 0 radical (unpaired) electrons. The summed E-state index contributed by atoms with van der Waals surface area (Å²) in [6.07, 6.45) is 13.7. The van der Waals surface area contributed by atoms with Gasteiger partial charge in [0, 0.05) is 99.5 Å². The van der Waals surface area contributed by atoms with Crippen molar-refractivity contribution in [2.24, 2.45) is 10.4 Å². The molecule has 0 saturated heterocycles. The topological polar surface area (TPSA) is 151 Å². The molecule has 0 aliphatic carbocycles. The highest BCUT2D eigenvalue weighted by molar-refractivity contribution is 7.18. The molecule has 0 unspecified atom stereocenters. The molecule has 0 bridgehead atoms. The van der Waals surface area contributed by atoms with E-state index in [4.69, 9.17) is 4.42 Å². The van der Waals surface area contributed by atoms with Crippen LogP contribution in [0.3, 0.4) is 0 Å². The fourth-order valence-corrected chi connectivity index (χ4v) is 11.7. The van der Waals surface area contributed by atoms with Crippen LogP contribution in [0.1, 0.15) is 263 Å². The molecule has 602 valence electrons. The fourth-order valence-electron chi connectivity index (χ4n) is 10.7. The number of para-hydroxylation sites is 4. The SMILES string of the molecule is CC(C)(C)C1=Nc2ccccc2C1.CC(C)(C)c1ccc2ccccc2c1.CC(C)(C)c1ccc[nH]c1=O.CC(C)(C)c1ccccc1.CC(C)(C)c1ccccn1.CC(C)(C)c1cccnc1.CC(C)(C)c1ccn[nH]1.CC(C)(C)c1ccncc1.CC(C)(C)c1nc2ccccc2o1.CC(C)(C)c1nc2ccccc2s1. The lowest BCUT2D eigenvalue weighted by molar-refractivity contribution is 0.411. The van der Waals surface area contributed by atoms with E-state index < -0.39 is 0 Å². The monoisotopic (exact) mass is 1540 g/mol. The van der Waals surface area contributed by atoms with Gasteiger partial charge < -0.3 is 9.40 Å². The number of rotatable bonds is 0. The van der Waals surface area contributed by atoms with E-state index in [2.05, 4.69) is 365 Å². The van der Waals surface area contributed by atoms with Crippen LogP contribution in [0.15, 0.2) is 264 Å². The molecule has 0 amide bonds. The van der Waals surface area contributed by atoms with E-state index in [-0.39, 0.29) is 54.3 Å². The van der Waals surface area contributed by atoms with Gasteiger partial charge in [-0.05, 0) is 138 Å². The van der Waals surface area contributed by atoms with Gasteiger partial charge in [0.1, 0.15) is 5.52 Å². The molecule has 113 heavy (non-hydrogen) atoms. The van der Waals surface area contributed by atoms with E-state index in [1.165, 1.54) is 59.7 Å². The van der Waals surface area contributed by atoms with Gasteiger partial charge in [0.05, 0.1) is 20.9 Å². The smallest absolute Gasteiger partial charge is 0.251 e. The number of H-pyrrole nitrogens is 2. The second-order valence-corrected chi connectivity index (χ2v) is 39.9. The van der Waals surface area contributed by atoms with Crippen molar-refractivity contribution in [1.82, 2.24) is 40.1 Å². The number of pyridine rings is 4. The second-order valence-electron chi connectivity index (χ2n) is 38.8. The Kier molecular flexibility index (Phi) is 33.9. The lowest BCUT2D eigenvalue weighted by Crippen LogP contribution is -2.23.